The lowest BCUT2D eigenvalue weighted by Crippen LogP contribution is -2.12. The van der Waals surface area contributed by atoms with Gasteiger partial charge in [0, 0.05) is 0 Å². The Morgan fingerprint density at radius 3 is 1.82 bits per heavy atom. The zero-order chi connectivity index (χ0) is 8.48. The highest BCUT2D eigenvalue weighted by Gasteiger charge is 2.11. The van der Waals surface area contributed by atoms with E-state index in [1.54, 1.807) is 0 Å². The molecule has 2 radical (unpaired) electrons. The van der Waals surface area contributed by atoms with E-state index in [9.17, 15) is 0 Å². The molecule has 0 fully saturated rings. The van der Waals surface area contributed by atoms with Gasteiger partial charge in [-0.05, 0) is 11.0 Å². The minimum atomic E-state index is 0.276. The van der Waals surface area contributed by atoms with E-state index in [0.29, 0.717) is 0 Å². The van der Waals surface area contributed by atoms with Crippen LogP contribution in [-0.4, -0.2) is 16.3 Å². The van der Waals surface area contributed by atoms with Crippen LogP contribution < -0.4 is 4.43 Å². The summed E-state index contributed by atoms with van der Waals surface area (Å²) in [6.45, 7) is 6.68. The lowest BCUT2D eigenvalue weighted by Gasteiger charge is -2.18. The Bertz CT molecular complexity index is 228. The third-order valence-corrected chi connectivity index (χ3v) is 2.16. The second kappa shape index (κ2) is 3.01. The zero-order valence-electron chi connectivity index (χ0n) is 7.39. The van der Waals surface area contributed by atoms with E-state index in [2.05, 4.69) is 61.3 Å². The first kappa shape index (κ1) is 8.85. The molecule has 0 atom stereocenters. The predicted octanol–water partition coefficient (Wildman–Crippen LogP) is 1.78. The Hall–Kier alpha value is -0.248. The average Bonchev–Trinajstić information content (AvgIpc) is 1.86. The van der Waals surface area contributed by atoms with Crippen molar-refractivity contribution in [2.24, 2.45) is 0 Å². The van der Waals surface area contributed by atoms with E-state index in [1.165, 1.54) is 9.99 Å². The molecule has 1 heteroatoms. The Kier molecular flexibility index (Phi) is 2.42. The van der Waals surface area contributed by atoms with Crippen molar-refractivity contribution in [1.82, 2.24) is 0 Å². The minimum absolute atomic E-state index is 0.276. The third kappa shape index (κ3) is 2.36. The van der Waals surface area contributed by atoms with Crippen LogP contribution in [-0.2, 0) is 5.41 Å². The summed E-state index contributed by atoms with van der Waals surface area (Å²) in [5.41, 5.74) is 1.67. The summed E-state index contributed by atoms with van der Waals surface area (Å²) < 4.78 is 1.25. The van der Waals surface area contributed by atoms with Crippen LogP contribution in [0.5, 0.6) is 0 Å². The van der Waals surface area contributed by atoms with Crippen LogP contribution in [0.1, 0.15) is 26.3 Å². The van der Waals surface area contributed by atoms with E-state index in [1.807, 2.05) is 0 Å². The molecule has 0 aromatic heterocycles. The fourth-order valence-electron chi connectivity index (χ4n) is 0.983. The van der Waals surface area contributed by atoms with Gasteiger partial charge in [-0.15, -0.1) is 4.43 Å². The normalized spacial score (nSPS) is 11.5. The maximum Gasteiger partial charge on any atom is 0.175 e. The highest BCUT2D eigenvalue weighted by atomic mass is 27.0. The number of benzene rings is 1. The largest absolute Gasteiger partial charge is 0.175 e. The molecule has 11 heavy (non-hydrogen) atoms. The summed E-state index contributed by atoms with van der Waals surface area (Å²) in [5, 5.41) is 0. The molecule has 0 aliphatic carbocycles. The van der Waals surface area contributed by atoms with Crippen LogP contribution in [0.25, 0.3) is 0 Å². The Morgan fingerprint density at radius 1 is 1.00 bits per heavy atom. The first-order valence-corrected chi connectivity index (χ1v) is 4.44. The summed E-state index contributed by atoms with van der Waals surface area (Å²) in [4.78, 5) is 0. The van der Waals surface area contributed by atoms with Crippen LogP contribution in [0, 0.1) is 0 Å². The number of rotatable bonds is 0. The van der Waals surface area contributed by atoms with Gasteiger partial charge in [0.15, 0.2) is 16.3 Å². The summed E-state index contributed by atoms with van der Waals surface area (Å²) in [7, 11) is 0. The van der Waals surface area contributed by atoms with Gasteiger partial charge in [0.25, 0.3) is 0 Å². The fraction of sp³-hybridized carbons (Fsp3) is 0.400. The lowest BCUT2D eigenvalue weighted by molar-refractivity contribution is 0.590. The minimum Gasteiger partial charge on any atom is -0.139 e. The quantitative estimate of drug-likeness (QED) is 0.507. The van der Waals surface area contributed by atoms with Crippen molar-refractivity contribution < 1.29 is 0 Å². The van der Waals surface area contributed by atoms with E-state index in [4.69, 9.17) is 0 Å². The zero-order valence-corrected chi connectivity index (χ0v) is 8.54. The Labute approximate surface area is 77.1 Å². The first-order chi connectivity index (χ1) is 5.00. The summed E-state index contributed by atoms with van der Waals surface area (Å²) in [6, 6.07) is 8.63. The summed E-state index contributed by atoms with van der Waals surface area (Å²) >= 11 is 2.69. The van der Waals surface area contributed by atoms with Gasteiger partial charge in [-0.25, -0.2) is 0 Å². The van der Waals surface area contributed by atoms with Gasteiger partial charge >= 0.3 is 0 Å². The maximum absolute atomic E-state index is 2.69. The standard InChI is InChI=1S/C10H13.Al/c1-10(2,3)9-7-5-4-6-8-9;/h5-8H,1-3H3;. The van der Waals surface area contributed by atoms with E-state index >= 15 is 0 Å². The van der Waals surface area contributed by atoms with Crippen LogP contribution in [0.15, 0.2) is 24.3 Å². The van der Waals surface area contributed by atoms with Crippen LogP contribution >= 0.6 is 0 Å². The smallest absolute Gasteiger partial charge is 0.139 e. The topological polar surface area (TPSA) is 0 Å². The lowest BCUT2D eigenvalue weighted by atomic mass is 9.87. The van der Waals surface area contributed by atoms with Gasteiger partial charge in [-0.1, -0.05) is 45.0 Å². The monoisotopic (exact) mass is 160 g/mol. The molecule has 0 saturated carbocycles. The van der Waals surface area contributed by atoms with Gasteiger partial charge in [0.05, 0.1) is 0 Å². The summed E-state index contributed by atoms with van der Waals surface area (Å²) in [6.07, 6.45) is 0. The van der Waals surface area contributed by atoms with Crippen molar-refractivity contribution in [3.63, 3.8) is 0 Å². The molecule has 0 saturated heterocycles. The van der Waals surface area contributed by atoms with Crippen molar-refractivity contribution in [2.45, 2.75) is 26.2 Å². The predicted molar refractivity (Wildman–Crippen MR) is 50.5 cm³/mol. The van der Waals surface area contributed by atoms with Crippen molar-refractivity contribution in [1.29, 1.82) is 0 Å². The van der Waals surface area contributed by atoms with E-state index < -0.39 is 0 Å². The molecular formula is C10H13Al. The molecule has 0 nitrogen and oxygen atoms in total. The molecular weight excluding hydrogens is 147 g/mol. The van der Waals surface area contributed by atoms with Crippen molar-refractivity contribution >= 4 is 20.7 Å². The first-order valence-electron chi connectivity index (χ1n) is 3.86. The molecule has 0 aliphatic rings. The molecule has 1 aromatic rings. The molecule has 0 bridgehead atoms. The Balaban J connectivity index is 2.99. The molecule has 0 amide bonds. The van der Waals surface area contributed by atoms with E-state index in [0.717, 1.165) is 0 Å². The van der Waals surface area contributed by atoms with Gasteiger partial charge in [-0.2, -0.15) is 0 Å². The molecule has 0 unspecified atom stereocenters. The van der Waals surface area contributed by atoms with E-state index in [-0.39, 0.29) is 5.41 Å². The molecule has 0 N–H and O–H groups in total. The number of hydrogen-bond donors (Lipinski definition) is 0. The maximum atomic E-state index is 2.69. The second-order valence-electron chi connectivity index (χ2n) is 3.87. The van der Waals surface area contributed by atoms with Crippen LogP contribution in [0.4, 0.5) is 0 Å². The second-order valence-corrected chi connectivity index (χ2v) is 4.54. The number of hydrogen-bond acceptors (Lipinski definition) is 0. The molecule has 0 aliphatic heterocycles. The van der Waals surface area contributed by atoms with Crippen molar-refractivity contribution in [3.8, 4) is 0 Å². The third-order valence-electron chi connectivity index (χ3n) is 1.78. The highest BCUT2D eigenvalue weighted by Crippen LogP contribution is 2.20. The van der Waals surface area contributed by atoms with Gasteiger partial charge in [0.1, 0.15) is 0 Å². The fourth-order valence-corrected chi connectivity index (χ4v) is 1.18. The van der Waals surface area contributed by atoms with Crippen LogP contribution in [0.2, 0.25) is 0 Å². The van der Waals surface area contributed by atoms with Gasteiger partial charge in [0.2, 0.25) is 0 Å². The highest BCUT2D eigenvalue weighted by molar-refractivity contribution is 6.32. The molecule has 56 valence electrons. The summed E-state index contributed by atoms with van der Waals surface area (Å²) in [5.74, 6) is 0. The average molecular weight is 160 g/mol. The molecule has 1 rings (SSSR count). The molecule has 0 heterocycles. The van der Waals surface area contributed by atoms with Crippen molar-refractivity contribution in [3.05, 3.63) is 29.8 Å². The van der Waals surface area contributed by atoms with Gasteiger partial charge in [-0.3, -0.25) is 0 Å². The SMILES string of the molecule is CC(C)(C)c1cc[c]([Al])cc1. The van der Waals surface area contributed by atoms with Crippen molar-refractivity contribution in [2.75, 3.05) is 0 Å². The molecule has 0 spiro atoms. The van der Waals surface area contributed by atoms with Gasteiger partial charge < -0.3 is 0 Å². The molecule has 1 aromatic carbocycles. The Morgan fingerprint density at radius 2 is 1.45 bits per heavy atom. The van der Waals surface area contributed by atoms with Crippen LogP contribution in [0.3, 0.4) is 0 Å².